The third kappa shape index (κ3) is 3.67. The Kier molecular flexibility index (Phi) is 5.08. The van der Waals surface area contributed by atoms with Gasteiger partial charge in [-0.05, 0) is 25.7 Å². The average molecular weight is 297 g/mol. The normalized spacial score (nSPS) is 25.4. The van der Waals surface area contributed by atoms with Crippen molar-refractivity contribution in [2.75, 3.05) is 20.1 Å². The van der Waals surface area contributed by atoms with E-state index in [4.69, 9.17) is 5.73 Å². The second-order valence-electron chi connectivity index (χ2n) is 6.55. The Bertz CT molecular complexity index is 394. The number of carbonyl (C=O) groups excluding carboxylic acids is 1. The van der Waals surface area contributed by atoms with Gasteiger partial charge in [0.1, 0.15) is 0 Å². The van der Waals surface area contributed by atoms with Gasteiger partial charge in [-0.2, -0.15) is 0 Å². The van der Waals surface area contributed by atoms with Gasteiger partial charge in [-0.1, -0.05) is 19.3 Å². The fraction of sp³-hybridized carbons (Fsp3) is 0.867. The molecular weight excluding hydrogens is 270 g/mol. The first-order chi connectivity index (χ1) is 9.94. The van der Waals surface area contributed by atoms with Gasteiger partial charge in [-0.3, -0.25) is 4.79 Å². The van der Waals surface area contributed by atoms with Gasteiger partial charge in [0.05, 0.1) is 12.0 Å². The topological polar surface area (TPSA) is 86.9 Å². The van der Waals surface area contributed by atoms with E-state index >= 15 is 0 Å². The second-order valence-corrected chi connectivity index (χ2v) is 6.55. The summed E-state index contributed by atoms with van der Waals surface area (Å²) in [6, 6.07) is -0.0221. The Labute approximate surface area is 126 Å². The summed E-state index contributed by atoms with van der Waals surface area (Å²) in [5, 5.41) is 9.24. The standard InChI is InChI=1S/C15H27N3O3/c1-17(14(21)18-9-5-6-12(16)11-18)15(10-13(19)20)7-3-2-4-8-15/h12H,2-11,16H2,1H3,(H,19,20). The molecule has 0 aromatic carbocycles. The van der Waals surface area contributed by atoms with Crippen molar-refractivity contribution in [1.82, 2.24) is 9.80 Å². The van der Waals surface area contributed by atoms with Gasteiger partial charge in [-0.25, -0.2) is 4.79 Å². The number of piperidine rings is 1. The van der Waals surface area contributed by atoms with Gasteiger partial charge in [0.15, 0.2) is 0 Å². The zero-order valence-electron chi connectivity index (χ0n) is 12.9. The lowest BCUT2D eigenvalue weighted by Gasteiger charge is -2.46. The fourth-order valence-corrected chi connectivity index (χ4v) is 3.72. The number of carbonyl (C=O) groups is 2. The number of carboxylic acid groups (broad SMARTS) is 1. The molecule has 21 heavy (non-hydrogen) atoms. The summed E-state index contributed by atoms with van der Waals surface area (Å²) in [6.45, 7) is 1.30. The Morgan fingerprint density at radius 2 is 1.95 bits per heavy atom. The smallest absolute Gasteiger partial charge is 0.320 e. The third-order valence-corrected chi connectivity index (χ3v) is 4.99. The van der Waals surface area contributed by atoms with E-state index in [0.29, 0.717) is 6.54 Å². The first-order valence-electron chi connectivity index (χ1n) is 7.95. The van der Waals surface area contributed by atoms with E-state index in [1.165, 1.54) is 0 Å². The highest BCUT2D eigenvalue weighted by atomic mass is 16.4. The van der Waals surface area contributed by atoms with Crippen LogP contribution >= 0.6 is 0 Å². The van der Waals surface area contributed by atoms with E-state index in [1.54, 1.807) is 16.8 Å². The lowest BCUT2D eigenvalue weighted by atomic mass is 9.78. The molecule has 2 aliphatic rings. The number of nitrogens with two attached hydrogens (primary N) is 1. The molecule has 0 bridgehead atoms. The number of amides is 2. The number of hydrogen-bond donors (Lipinski definition) is 2. The number of hydrogen-bond acceptors (Lipinski definition) is 3. The summed E-state index contributed by atoms with van der Waals surface area (Å²) in [5.74, 6) is -0.827. The van der Waals surface area contributed by atoms with Gasteiger partial charge < -0.3 is 20.6 Å². The molecule has 1 aliphatic heterocycles. The van der Waals surface area contributed by atoms with Gasteiger partial charge >= 0.3 is 12.0 Å². The van der Waals surface area contributed by atoms with Crippen LogP contribution in [0.2, 0.25) is 0 Å². The maximum atomic E-state index is 12.7. The first-order valence-corrected chi connectivity index (χ1v) is 7.95. The largest absolute Gasteiger partial charge is 0.481 e. The van der Waals surface area contributed by atoms with Crippen LogP contribution in [0.25, 0.3) is 0 Å². The molecule has 120 valence electrons. The van der Waals surface area contributed by atoms with Crippen LogP contribution in [0, 0.1) is 0 Å². The molecule has 1 saturated heterocycles. The SMILES string of the molecule is CN(C(=O)N1CCCC(N)C1)C1(CC(=O)O)CCCCC1. The number of nitrogens with zero attached hydrogens (tertiary/aromatic N) is 2. The van der Waals surface area contributed by atoms with E-state index < -0.39 is 11.5 Å². The summed E-state index contributed by atoms with van der Waals surface area (Å²) in [5.41, 5.74) is 5.42. The Hall–Kier alpha value is -1.30. The van der Waals surface area contributed by atoms with Crippen molar-refractivity contribution < 1.29 is 14.7 Å². The van der Waals surface area contributed by atoms with Crippen molar-refractivity contribution in [3.63, 3.8) is 0 Å². The Morgan fingerprint density at radius 1 is 1.29 bits per heavy atom. The first kappa shape index (κ1) is 16.1. The maximum Gasteiger partial charge on any atom is 0.320 e. The van der Waals surface area contributed by atoms with Crippen LogP contribution in [0.5, 0.6) is 0 Å². The van der Waals surface area contributed by atoms with Crippen LogP contribution < -0.4 is 5.73 Å². The molecule has 1 saturated carbocycles. The lowest BCUT2D eigenvalue weighted by Crippen LogP contribution is -2.58. The van der Waals surface area contributed by atoms with Gasteiger partial charge in [0.25, 0.3) is 0 Å². The molecule has 0 radical (unpaired) electrons. The van der Waals surface area contributed by atoms with Crippen LogP contribution in [0.1, 0.15) is 51.4 Å². The summed E-state index contributed by atoms with van der Waals surface area (Å²) in [6.07, 6.45) is 6.57. The van der Waals surface area contributed by atoms with Gasteiger partial charge in [-0.15, -0.1) is 0 Å². The number of urea groups is 1. The van der Waals surface area contributed by atoms with Crippen molar-refractivity contribution in [3.05, 3.63) is 0 Å². The van der Waals surface area contributed by atoms with E-state index in [0.717, 1.165) is 51.5 Å². The third-order valence-electron chi connectivity index (χ3n) is 4.99. The summed E-state index contributed by atoms with van der Waals surface area (Å²) in [7, 11) is 1.76. The predicted molar refractivity (Wildman–Crippen MR) is 80.0 cm³/mol. The van der Waals surface area contributed by atoms with Gasteiger partial charge in [0, 0.05) is 26.2 Å². The fourth-order valence-electron chi connectivity index (χ4n) is 3.72. The molecule has 2 amide bonds. The van der Waals surface area contributed by atoms with E-state index in [9.17, 15) is 14.7 Å². The Balaban J connectivity index is 2.11. The van der Waals surface area contributed by atoms with E-state index in [-0.39, 0.29) is 18.5 Å². The molecule has 2 rings (SSSR count). The van der Waals surface area contributed by atoms with Crippen molar-refractivity contribution in [1.29, 1.82) is 0 Å². The van der Waals surface area contributed by atoms with Crippen LogP contribution in [0.15, 0.2) is 0 Å². The molecule has 1 unspecified atom stereocenters. The van der Waals surface area contributed by atoms with Crippen molar-refractivity contribution in [2.24, 2.45) is 5.73 Å². The van der Waals surface area contributed by atoms with E-state index in [1.807, 2.05) is 0 Å². The molecule has 1 atom stereocenters. The molecule has 1 heterocycles. The van der Waals surface area contributed by atoms with Crippen LogP contribution in [-0.2, 0) is 4.79 Å². The number of aliphatic carboxylic acids is 1. The maximum absolute atomic E-state index is 12.7. The van der Waals surface area contributed by atoms with Crippen LogP contribution in [0.4, 0.5) is 4.79 Å². The second kappa shape index (κ2) is 6.64. The lowest BCUT2D eigenvalue weighted by molar-refractivity contribution is -0.140. The molecule has 0 aromatic heterocycles. The number of likely N-dealkylation sites (tertiary alicyclic amines) is 1. The number of carboxylic acids is 1. The molecule has 6 heteroatoms. The molecule has 6 nitrogen and oxygen atoms in total. The monoisotopic (exact) mass is 297 g/mol. The summed E-state index contributed by atoms with van der Waals surface area (Å²) >= 11 is 0. The molecule has 0 aromatic rings. The van der Waals surface area contributed by atoms with Crippen LogP contribution in [0.3, 0.4) is 0 Å². The Morgan fingerprint density at radius 3 is 2.52 bits per heavy atom. The summed E-state index contributed by atoms with van der Waals surface area (Å²) < 4.78 is 0. The molecule has 1 aliphatic carbocycles. The molecule has 0 spiro atoms. The van der Waals surface area contributed by atoms with Crippen molar-refractivity contribution >= 4 is 12.0 Å². The molecular formula is C15H27N3O3. The summed E-state index contributed by atoms with van der Waals surface area (Å²) in [4.78, 5) is 27.5. The zero-order valence-corrected chi connectivity index (χ0v) is 12.9. The number of rotatable bonds is 3. The predicted octanol–water partition coefficient (Wildman–Crippen LogP) is 1.64. The highest BCUT2D eigenvalue weighted by molar-refractivity contribution is 5.77. The minimum absolute atomic E-state index is 0.0368. The average Bonchev–Trinajstić information content (AvgIpc) is 2.46. The van der Waals surface area contributed by atoms with E-state index in [2.05, 4.69) is 0 Å². The zero-order chi connectivity index (χ0) is 15.5. The minimum Gasteiger partial charge on any atom is -0.481 e. The quantitative estimate of drug-likeness (QED) is 0.829. The highest BCUT2D eigenvalue weighted by Crippen LogP contribution is 2.36. The molecule has 3 N–H and O–H groups in total. The molecule has 2 fully saturated rings. The highest BCUT2D eigenvalue weighted by Gasteiger charge is 2.42. The van der Waals surface area contributed by atoms with Crippen LogP contribution in [-0.4, -0.2) is 58.6 Å². The van der Waals surface area contributed by atoms with Gasteiger partial charge in [0.2, 0.25) is 0 Å². The van der Waals surface area contributed by atoms with Crippen molar-refractivity contribution in [3.8, 4) is 0 Å². The van der Waals surface area contributed by atoms with Crippen molar-refractivity contribution in [2.45, 2.75) is 62.9 Å². The minimum atomic E-state index is -0.827.